The SMILES string of the molecule is CSc1ccccc1C(=O)NC1CCCN(CCc2ccccc2)C1. The van der Waals surface area contributed by atoms with Gasteiger partial charge in [-0.3, -0.25) is 4.79 Å². The van der Waals surface area contributed by atoms with Crippen LogP contribution in [0.25, 0.3) is 0 Å². The average molecular weight is 355 g/mol. The smallest absolute Gasteiger partial charge is 0.252 e. The van der Waals surface area contributed by atoms with Crippen LogP contribution in [0.15, 0.2) is 59.5 Å². The van der Waals surface area contributed by atoms with Crippen molar-refractivity contribution < 1.29 is 4.79 Å². The molecule has 1 heterocycles. The van der Waals surface area contributed by atoms with Gasteiger partial charge in [0, 0.05) is 24.0 Å². The number of thioether (sulfide) groups is 1. The number of rotatable bonds is 6. The first-order valence-corrected chi connectivity index (χ1v) is 10.2. The van der Waals surface area contributed by atoms with Crippen LogP contribution in [-0.2, 0) is 6.42 Å². The monoisotopic (exact) mass is 354 g/mol. The Morgan fingerprint density at radius 3 is 2.72 bits per heavy atom. The van der Waals surface area contributed by atoms with Gasteiger partial charge in [0.15, 0.2) is 0 Å². The second-order valence-corrected chi connectivity index (χ2v) is 7.40. The third-order valence-electron chi connectivity index (χ3n) is 4.75. The summed E-state index contributed by atoms with van der Waals surface area (Å²) in [5.41, 5.74) is 2.17. The van der Waals surface area contributed by atoms with Gasteiger partial charge in [0.2, 0.25) is 0 Å². The molecule has 1 saturated heterocycles. The van der Waals surface area contributed by atoms with Crippen molar-refractivity contribution in [3.05, 3.63) is 65.7 Å². The number of piperidine rings is 1. The van der Waals surface area contributed by atoms with E-state index in [9.17, 15) is 4.79 Å². The molecule has 1 N–H and O–H groups in total. The maximum absolute atomic E-state index is 12.6. The zero-order chi connectivity index (χ0) is 17.5. The van der Waals surface area contributed by atoms with Gasteiger partial charge >= 0.3 is 0 Å². The van der Waals surface area contributed by atoms with E-state index in [2.05, 4.69) is 40.5 Å². The molecule has 3 nitrogen and oxygen atoms in total. The molecule has 0 bridgehead atoms. The maximum Gasteiger partial charge on any atom is 0.252 e. The van der Waals surface area contributed by atoms with Crippen LogP contribution >= 0.6 is 11.8 Å². The molecule has 1 unspecified atom stereocenters. The van der Waals surface area contributed by atoms with Gasteiger partial charge < -0.3 is 10.2 Å². The maximum atomic E-state index is 12.6. The number of benzene rings is 2. The van der Waals surface area contributed by atoms with E-state index in [1.165, 1.54) is 5.56 Å². The molecule has 0 aromatic heterocycles. The van der Waals surface area contributed by atoms with Crippen molar-refractivity contribution in [2.75, 3.05) is 25.9 Å². The van der Waals surface area contributed by atoms with E-state index in [4.69, 9.17) is 0 Å². The normalized spacial score (nSPS) is 18.0. The third-order valence-corrected chi connectivity index (χ3v) is 5.55. The molecule has 0 aliphatic carbocycles. The zero-order valence-electron chi connectivity index (χ0n) is 14.8. The van der Waals surface area contributed by atoms with E-state index < -0.39 is 0 Å². The summed E-state index contributed by atoms with van der Waals surface area (Å²) >= 11 is 1.62. The topological polar surface area (TPSA) is 32.3 Å². The summed E-state index contributed by atoms with van der Waals surface area (Å²) in [6, 6.07) is 18.7. The van der Waals surface area contributed by atoms with Crippen LogP contribution in [0.5, 0.6) is 0 Å². The van der Waals surface area contributed by atoms with Crippen LogP contribution in [0.4, 0.5) is 0 Å². The van der Waals surface area contributed by atoms with Gasteiger partial charge in [-0.05, 0) is 49.8 Å². The van der Waals surface area contributed by atoms with Crippen molar-refractivity contribution in [3.8, 4) is 0 Å². The van der Waals surface area contributed by atoms with E-state index in [-0.39, 0.29) is 11.9 Å². The summed E-state index contributed by atoms with van der Waals surface area (Å²) in [4.78, 5) is 16.1. The van der Waals surface area contributed by atoms with Gasteiger partial charge in [-0.15, -0.1) is 11.8 Å². The Morgan fingerprint density at radius 1 is 1.16 bits per heavy atom. The number of likely N-dealkylation sites (tertiary alicyclic amines) is 1. The number of hydrogen-bond donors (Lipinski definition) is 1. The van der Waals surface area contributed by atoms with Gasteiger partial charge in [0.25, 0.3) is 5.91 Å². The van der Waals surface area contributed by atoms with Gasteiger partial charge in [0.05, 0.1) is 5.56 Å². The number of nitrogens with zero attached hydrogens (tertiary/aromatic N) is 1. The molecular formula is C21H26N2OS. The summed E-state index contributed by atoms with van der Waals surface area (Å²) in [5.74, 6) is 0.0554. The molecule has 4 heteroatoms. The second-order valence-electron chi connectivity index (χ2n) is 6.55. The summed E-state index contributed by atoms with van der Waals surface area (Å²) < 4.78 is 0. The number of carbonyl (C=O) groups excluding carboxylic acids is 1. The minimum Gasteiger partial charge on any atom is -0.348 e. The fourth-order valence-corrected chi connectivity index (χ4v) is 4.00. The van der Waals surface area contributed by atoms with Crippen LogP contribution in [-0.4, -0.2) is 42.7 Å². The highest BCUT2D eigenvalue weighted by Crippen LogP contribution is 2.20. The lowest BCUT2D eigenvalue weighted by molar-refractivity contribution is 0.0901. The predicted molar refractivity (Wildman–Crippen MR) is 105 cm³/mol. The highest BCUT2D eigenvalue weighted by Gasteiger charge is 2.22. The van der Waals surface area contributed by atoms with E-state index in [0.29, 0.717) is 0 Å². The Hall–Kier alpha value is -1.78. The molecule has 0 radical (unpaired) electrons. The fraction of sp³-hybridized carbons (Fsp3) is 0.381. The van der Waals surface area contributed by atoms with Gasteiger partial charge in [0.1, 0.15) is 0 Å². The molecule has 132 valence electrons. The van der Waals surface area contributed by atoms with Crippen LogP contribution < -0.4 is 5.32 Å². The molecule has 2 aromatic rings. The van der Waals surface area contributed by atoms with Crippen molar-refractivity contribution in [3.63, 3.8) is 0 Å². The lowest BCUT2D eigenvalue weighted by Crippen LogP contribution is -2.48. The lowest BCUT2D eigenvalue weighted by atomic mass is 10.0. The molecule has 3 rings (SSSR count). The van der Waals surface area contributed by atoms with Crippen molar-refractivity contribution in [2.45, 2.75) is 30.2 Å². The quantitative estimate of drug-likeness (QED) is 0.800. The Labute approximate surface area is 154 Å². The number of carbonyl (C=O) groups is 1. The van der Waals surface area contributed by atoms with Crippen LogP contribution in [0.2, 0.25) is 0 Å². The van der Waals surface area contributed by atoms with Gasteiger partial charge in [-0.25, -0.2) is 0 Å². The molecule has 0 spiro atoms. The first kappa shape index (κ1) is 18.0. The highest BCUT2D eigenvalue weighted by atomic mass is 32.2. The first-order valence-electron chi connectivity index (χ1n) is 8.96. The van der Waals surface area contributed by atoms with E-state index in [1.54, 1.807) is 11.8 Å². The summed E-state index contributed by atoms with van der Waals surface area (Å²) in [6.07, 6.45) is 5.29. The van der Waals surface area contributed by atoms with Crippen molar-refractivity contribution >= 4 is 17.7 Å². The molecule has 0 saturated carbocycles. The third kappa shape index (κ3) is 5.10. The van der Waals surface area contributed by atoms with E-state index >= 15 is 0 Å². The Bertz CT molecular complexity index is 689. The molecule has 1 fully saturated rings. The van der Waals surface area contributed by atoms with Crippen LogP contribution in [0.3, 0.4) is 0 Å². The molecular weight excluding hydrogens is 328 g/mol. The molecule has 1 amide bonds. The van der Waals surface area contributed by atoms with E-state index in [0.717, 1.165) is 49.4 Å². The number of amides is 1. The molecule has 25 heavy (non-hydrogen) atoms. The van der Waals surface area contributed by atoms with Crippen LogP contribution in [0, 0.1) is 0 Å². The largest absolute Gasteiger partial charge is 0.348 e. The summed E-state index contributed by atoms with van der Waals surface area (Å²) in [6.45, 7) is 3.12. The minimum atomic E-state index is 0.0554. The molecule has 2 aromatic carbocycles. The van der Waals surface area contributed by atoms with Crippen molar-refractivity contribution in [1.29, 1.82) is 0 Å². The molecule has 1 atom stereocenters. The van der Waals surface area contributed by atoms with Crippen molar-refractivity contribution in [1.82, 2.24) is 10.2 Å². The lowest BCUT2D eigenvalue weighted by Gasteiger charge is -2.33. The standard InChI is InChI=1S/C21H26N2OS/c1-25-20-12-6-5-11-19(20)21(24)22-18-10-7-14-23(16-18)15-13-17-8-3-2-4-9-17/h2-6,8-9,11-12,18H,7,10,13-16H2,1H3,(H,22,24). The summed E-state index contributed by atoms with van der Waals surface area (Å²) in [5, 5.41) is 3.24. The first-order chi connectivity index (χ1) is 12.3. The van der Waals surface area contributed by atoms with Gasteiger partial charge in [-0.2, -0.15) is 0 Å². The number of hydrogen-bond acceptors (Lipinski definition) is 3. The second kappa shape index (κ2) is 9.07. The Morgan fingerprint density at radius 2 is 1.92 bits per heavy atom. The minimum absolute atomic E-state index is 0.0554. The molecule has 1 aliphatic rings. The van der Waals surface area contributed by atoms with Gasteiger partial charge in [-0.1, -0.05) is 42.5 Å². The molecule has 1 aliphatic heterocycles. The summed E-state index contributed by atoms with van der Waals surface area (Å²) in [7, 11) is 0. The Kier molecular flexibility index (Phi) is 6.54. The highest BCUT2D eigenvalue weighted by molar-refractivity contribution is 7.98. The van der Waals surface area contributed by atoms with E-state index in [1.807, 2.05) is 30.5 Å². The predicted octanol–water partition coefficient (Wildman–Crippen LogP) is 3.85. The fourth-order valence-electron chi connectivity index (χ4n) is 3.40. The number of nitrogens with one attached hydrogen (secondary N) is 1. The van der Waals surface area contributed by atoms with Crippen molar-refractivity contribution in [2.24, 2.45) is 0 Å². The van der Waals surface area contributed by atoms with Crippen LogP contribution in [0.1, 0.15) is 28.8 Å². The Balaban J connectivity index is 1.53. The zero-order valence-corrected chi connectivity index (χ0v) is 15.6. The average Bonchev–Trinajstić information content (AvgIpc) is 2.67.